The van der Waals surface area contributed by atoms with Gasteiger partial charge in [0.05, 0.1) is 0 Å². The molecule has 0 aliphatic heterocycles. The minimum Gasteiger partial charge on any atom is -0.313 e. The summed E-state index contributed by atoms with van der Waals surface area (Å²) in [5.41, 5.74) is 2.55. The molecule has 100 valence electrons. The Balaban J connectivity index is 2.11. The van der Waals surface area contributed by atoms with E-state index in [-0.39, 0.29) is 0 Å². The van der Waals surface area contributed by atoms with E-state index in [1.807, 2.05) is 12.3 Å². The number of aromatic nitrogens is 1. The molecule has 0 unspecified atom stereocenters. The number of hydrogen-bond acceptors (Lipinski definition) is 3. The van der Waals surface area contributed by atoms with Gasteiger partial charge in [-0.25, -0.2) is 4.98 Å². The maximum atomic E-state index is 4.51. The van der Waals surface area contributed by atoms with Crippen LogP contribution in [0.4, 0.5) is 0 Å². The second-order valence-corrected chi connectivity index (χ2v) is 5.63. The molecule has 2 rings (SSSR count). The molecule has 0 bridgehead atoms. The highest BCUT2D eigenvalue weighted by atomic mass is 32.2. The fourth-order valence-corrected chi connectivity index (χ4v) is 2.84. The zero-order chi connectivity index (χ0) is 13.5. The van der Waals surface area contributed by atoms with Gasteiger partial charge in [0.25, 0.3) is 0 Å². The molecule has 0 radical (unpaired) electrons. The van der Waals surface area contributed by atoms with Crippen LogP contribution in [0.2, 0.25) is 0 Å². The Morgan fingerprint density at radius 1 is 1.21 bits per heavy atom. The minimum atomic E-state index is 0.885. The monoisotopic (exact) mass is 272 g/mol. The van der Waals surface area contributed by atoms with E-state index in [0.717, 1.165) is 24.5 Å². The molecule has 2 nitrogen and oxygen atoms in total. The van der Waals surface area contributed by atoms with Gasteiger partial charge < -0.3 is 5.32 Å². The normalized spacial score (nSPS) is 10.6. The van der Waals surface area contributed by atoms with Gasteiger partial charge in [0.1, 0.15) is 5.03 Å². The number of nitrogens with one attached hydrogen (secondary N) is 1. The van der Waals surface area contributed by atoms with Crippen LogP contribution in [0, 0.1) is 6.92 Å². The Kier molecular flexibility index (Phi) is 5.43. The molecule has 2 aromatic rings. The van der Waals surface area contributed by atoms with Crippen LogP contribution in [0.1, 0.15) is 24.5 Å². The van der Waals surface area contributed by atoms with E-state index in [4.69, 9.17) is 0 Å². The zero-order valence-corrected chi connectivity index (χ0v) is 12.3. The van der Waals surface area contributed by atoms with Crippen molar-refractivity contribution in [1.82, 2.24) is 10.3 Å². The number of nitrogens with zero attached hydrogens (tertiary/aromatic N) is 1. The third kappa shape index (κ3) is 4.37. The summed E-state index contributed by atoms with van der Waals surface area (Å²) >= 11 is 1.74. The van der Waals surface area contributed by atoms with Gasteiger partial charge in [0, 0.05) is 17.6 Å². The Morgan fingerprint density at radius 3 is 2.89 bits per heavy atom. The lowest BCUT2D eigenvalue weighted by Crippen LogP contribution is -2.14. The summed E-state index contributed by atoms with van der Waals surface area (Å²) in [5, 5.41) is 4.53. The van der Waals surface area contributed by atoms with Crippen molar-refractivity contribution in [2.45, 2.75) is 36.7 Å². The van der Waals surface area contributed by atoms with Gasteiger partial charge in [0.2, 0.25) is 0 Å². The van der Waals surface area contributed by atoms with Crippen LogP contribution in [0.5, 0.6) is 0 Å². The lowest BCUT2D eigenvalue weighted by atomic mass is 10.2. The Labute approximate surface area is 119 Å². The van der Waals surface area contributed by atoms with Crippen molar-refractivity contribution in [1.29, 1.82) is 0 Å². The first-order valence-electron chi connectivity index (χ1n) is 6.68. The first-order chi connectivity index (χ1) is 9.29. The van der Waals surface area contributed by atoms with Crippen LogP contribution in [-0.4, -0.2) is 11.5 Å². The second kappa shape index (κ2) is 7.31. The molecule has 1 aromatic carbocycles. The standard InChI is InChI=1S/C16H20N2S/c1-3-9-17-12-14-7-5-10-18-16(14)19-15-8-4-6-13(2)11-15/h4-8,10-11,17H,3,9,12H2,1-2H3. The fourth-order valence-electron chi connectivity index (χ4n) is 1.84. The topological polar surface area (TPSA) is 24.9 Å². The predicted octanol–water partition coefficient (Wildman–Crippen LogP) is 4.04. The molecule has 1 N–H and O–H groups in total. The lowest BCUT2D eigenvalue weighted by molar-refractivity contribution is 0.665. The molecule has 3 heteroatoms. The van der Waals surface area contributed by atoms with Crippen molar-refractivity contribution in [2.75, 3.05) is 6.54 Å². The third-order valence-electron chi connectivity index (χ3n) is 2.80. The first-order valence-corrected chi connectivity index (χ1v) is 7.50. The number of pyridine rings is 1. The molecule has 0 amide bonds. The number of hydrogen-bond donors (Lipinski definition) is 1. The summed E-state index contributed by atoms with van der Waals surface area (Å²) in [7, 11) is 0. The molecule has 1 aromatic heterocycles. The Bertz CT molecular complexity index is 526. The minimum absolute atomic E-state index is 0.885. The van der Waals surface area contributed by atoms with Crippen molar-refractivity contribution in [3.63, 3.8) is 0 Å². The van der Waals surface area contributed by atoms with E-state index in [2.05, 4.69) is 54.5 Å². The van der Waals surface area contributed by atoms with Crippen LogP contribution in [-0.2, 0) is 6.54 Å². The van der Waals surface area contributed by atoms with Crippen molar-refractivity contribution >= 4 is 11.8 Å². The highest BCUT2D eigenvalue weighted by Gasteiger charge is 2.05. The molecule has 0 aliphatic rings. The molecule has 0 saturated heterocycles. The molecule has 0 spiro atoms. The van der Waals surface area contributed by atoms with E-state index in [9.17, 15) is 0 Å². The first kappa shape index (κ1) is 14.1. The summed E-state index contributed by atoms with van der Waals surface area (Å²) in [6, 6.07) is 12.7. The lowest BCUT2D eigenvalue weighted by Gasteiger charge is -2.09. The summed E-state index contributed by atoms with van der Waals surface area (Å²) in [5.74, 6) is 0. The van der Waals surface area contributed by atoms with Crippen molar-refractivity contribution in [3.8, 4) is 0 Å². The smallest absolute Gasteiger partial charge is 0.105 e. The Morgan fingerprint density at radius 2 is 2.11 bits per heavy atom. The van der Waals surface area contributed by atoms with Crippen molar-refractivity contribution in [2.24, 2.45) is 0 Å². The number of rotatable bonds is 6. The molecule has 0 atom stereocenters. The third-order valence-corrected chi connectivity index (χ3v) is 3.85. The Hall–Kier alpha value is -1.32. The van der Waals surface area contributed by atoms with Crippen LogP contribution < -0.4 is 5.32 Å². The molecule has 0 saturated carbocycles. The van der Waals surface area contributed by atoms with Crippen LogP contribution in [0.3, 0.4) is 0 Å². The maximum absolute atomic E-state index is 4.51. The quantitative estimate of drug-likeness (QED) is 0.803. The van der Waals surface area contributed by atoms with E-state index in [0.29, 0.717) is 0 Å². The van der Waals surface area contributed by atoms with Gasteiger partial charge in [0.15, 0.2) is 0 Å². The van der Waals surface area contributed by atoms with Gasteiger partial charge in [-0.15, -0.1) is 0 Å². The van der Waals surface area contributed by atoms with E-state index < -0.39 is 0 Å². The largest absolute Gasteiger partial charge is 0.313 e. The average Bonchev–Trinajstić information content (AvgIpc) is 2.41. The molecule has 0 aliphatic carbocycles. The fraction of sp³-hybridized carbons (Fsp3) is 0.312. The number of benzene rings is 1. The average molecular weight is 272 g/mol. The summed E-state index contributed by atoms with van der Waals surface area (Å²) in [4.78, 5) is 5.75. The predicted molar refractivity (Wildman–Crippen MR) is 81.5 cm³/mol. The summed E-state index contributed by atoms with van der Waals surface area (Å²) < 4.78 is 0. The van der Waals surface area contributed by atoms with Crippen molar-refractivity contribution < 1.29 is 0 Å². The molecular formula is C16H20N2S. The second-order valence-electron chi connectivity index (χ2n) is 4.56. The molecule has 19 heavy (non-hydrogen) atoms. The highest BCUT2D eigenvalue weighted by molar-refractivity contribution is 7.99. The zero-order valence-electron chi connectivity index (χ0n) is 11.5. The SMILES string of the molecule is CCCNCc1cccnc1Sc1cccc(C)c1. The van der Waals surface area contributed by atoms with Gasteiger partial charge >= 0.3 is 0 Å². The van der Waals surface area contributed by atoms with E-state index >= 15 is 0 Å². The van der Waals surface area contributed by atoms with E-state index in [1.165, 1.54) is 16.0 Å². The van der Waals surface area contributed by atoms with Crippen LogP contribution in [0.25, 0.3) is 0 Å². The van der Waals surface area contributed by atoms with Crippen LogP contribution in [0.15, 0.2) is 52.5 Å². The molecule has 0 fully saturated rings. The summed E-state index contributed by atoms with van der Waals surface area (Å²) in [6.45, 7) is 6.23. The van der Waals surface area contributed by atoms with Gasteiger partial charge in [-0.3, -0.25) is 0 Å². The highest BCUT2D eigenvalue weighted by Crippen LogP contribution is 2.28. The molecular weight excluding hydrogens is 252 g/mol. The number of aryl methyl sites for hydroxylation is 1. The van der Waals surface area contributed by atoms with Gasteiger partial charge in [-0.05, 0) is 43.7 Å². The molecule has 1 heterocycles. The summed E-state index contributed by atoms with van der Waals surface area (Å²) in [6.07, 6.45) is 3.02. The van der Waals surface area contributed by atoms with Gasteiger partial charge in [-0.2, -0.15) is 0 Å². The van der Waals surface area contributed by atoms with Gasteiger partial charge in [-0.1, -0.05) is 42.4 Å². The van der Waals surface area contributed by atoms with E-state index in [1.54, 1.807) is 11.8 Å². The van der Waals surface area contributed by atoms with Crippen LogP contribution >= 0.6 is 11.8 Å². The van der Waals surface area contributed by atoms with Crippen molar-refractivity contribution in [3.05, 3.63) is 53.7 Å². The maximum Gasteiger partial charge on any atom is 0.105 e.